The van der Waals surface area contributed by atoms with Gasteiger partial charge in [-0.3, -0.25) is 0 Å². The minimum Gasteiger partial charge on any atom is -0.412 e. The van der Waals surface area contributed by atoms with Crippen LogP contribution in [0.4, 0.5) is 0 Å². The molecule has 2 aromatic rings. The molecule has 14 heavy (non-hydrogen) atoms. The molecule has 0 aliphatic heterocycles. The first kappa shape index (κ1) is 8.99. The number of fused-ring (bicyclic) bond motifs is 1. The normalized spacial score (nSPS) is 11.1. The molecule has 0 aliphatic carbocycles. The predicted octanol–water partition coefficient (Wildman–Crippen LogP) is 1.52. The van der Waals surface area contributed by atoms with E-state index in [-0.39, 0.29) is 0 Å². The summed E-state index contributed by atoms with van der Waals surface area (Å²) in [6.07, 6.45) is 3.38. The first-order valence-corrected chi connectivity index (χ1v) is 4.68. The molecule has 2 aromatic heterocycles. The molecular weight excluding hydrogens is 178 g/mol. The number of nitrogens with zero attached hydrogens (tertiary/aromatic N) is 3. The average molecular weight is 191 g/mol. The highest BCUT2D eigenvalue weighted by molar-refractivity contribution is 5.69. The Morgan fingerprint density at radius 1 is 1.43 bits per heavy atom. The molecule has 4 nitrogen and oxygen atoms in total. The molecule has 2 heterocycles. The number of pyridine rings is 1. The Balaban J connectivity index is 2.25. The highest BCUT2D eigenvalue weighted by atomic mass is 16.7. The van der Waals surface area contributed by atoms with Gasteiger partial charge in [0.1, 0.15) is 18.5 Å². The summed E-state index contributed by atoms with van der Waals surface area (Å²) in [5.41, 5.74) is 1.63. The number of hydrogen-bond acceptors (Lipinski definition) is 3. The van der Waals surface area contributed by atoms with E-state index in [1.54, 1.807) is 17.3 Å². The number of rotatable bonds is 3. The van der Waals surface area contributed by atoms with E-state index in [0.29, 0.717) is 12.5 Å². The van der Waals surface area contributed by atoms with Gasteiger partial charge in [0.25, 0.3) is 0 Å². The van der Waals surface area contributed by atoms with E-state index in [2.05, 4.69) is 23.8 Å². The lowest BCUT2D eigenvalue weighted by atomic mass is 10.2. The molecule has 0 aromatic carbocycles. The van der Waals surface area contributed by atoms with Gasteiger partial charge in [0.05, 0.1) is 0 Å². The highest BCUT2D eigenvalue weighted by Gasteiger charge is 2.03. The lowest BCUT2D eigenvalue weighted by molar-refractivity contribution is 0.0968. The Hall–Kier alpha value is -1.58. The van der Waals surface area contributed by atoms with Crippen molar-refractivity contribution < 1.29 is 4.84 Å². The van der Waals surface area contributed by atoms with Gasteiger partial charge in [-0.1, -0.05) is 13.8 Å². The van der Waals surface area contributed by atoms with Crippen LogP contribution in [0.5, 0.6) is 0 Å². The second-order valence-corrected chi connectivity index (χ2v) is 3.61. The molecule has 74 valence electrons. The van der Waals surface area contributed by atoms with Crippen LogP contribution in [-0.4, -0.2) is 21.3 Å². The van der Waals surface area contributed by atoms with Crippen LogP contribution >= 0.6 is 0 Å². The Kier molecular flexibility index (Phi) is 2.35. The molecule has 0 amide bonds. The lowest BCUT2D eigenvalue weighted by Gasteiger charge is -2.08. The lowest BCUT2D eigenvalue weighted by Crippen LogP contribution is -2.15. The molecule has 0 saturated carbocycles. The van der Waals surface area contributed by atoms with Gasteiger partial charge in [-0.05, 0) is 18.1 Å². The van der Waals surface area contributed by atoms with Gasteiger partial charge in [-0.2, -0.15) is 4.73 Å². The number of imidazole rings is 1. The third kappa shape index (κ3) is 1.69. The van der Waals surface area contributed by atoms with Gasteiger partial charge in [0.15, 0.2) is 5.65 Å². The van der Waals surface area contributed by atoms with Crippen molar-refractivity contribution in [2.45, 2.75) is 13.8 Å². The number of hydrogen-bond donors (Lipinski definition) is 0. The highest BCUT2D eigenvalue weighted by Crippen LogP contribution is 2.07. The van der Waals surface area contributed by atoms with Crippen molar-refractivity contribution in [3.05, 3.63) is 24.7 Å². The third-order valence-electron chi connectivity index (χ3n) is 1.84. The zero-order valence-corrected chi connectivity index (χ0v) is 8.34. The van der Waals surface area contributed by atoms with Crippen LogP contribution in [0.25, 0.3) is 11.2 Å². The van der Waals surface area contributed by atoms with Gasteiger partial charge in [0.2, 0.25) is 0 Å². The molecule has 0 atom stereocenters. The van der Waals surface area contributed by atoms with Gasteiger partial charge >= 0.3 is 0 Å². The van der Waals surface area contributed by atoms with E-state index in [1.807, 2.05) is 12.1 Å². The molecule has 4 heteroatoms. The SMILES string of the molecule is CC(C)COn1cnc2ncccc21. The molecule has 0 fully saturated rings. The van der Waals surface area contributed by atoms with Crippen molar-refractivity contribution >= 4 is 11.2 Å². The molecule has 0 radical (unpaired) electrons. The minimum atomic E-state index is 0.504. The topological polar surface area (TPSA) is 39.9 Å². The first-order chi connectivity index (χ1) is 6.77. The average Bonchev–Trinajstić information content (AvgIpc) is 2.58. The van der Waals surface area contributed by atoms with E-state index < -0.39 is 0 Å². The smallest absolute Gasteiger partial charge is 0.181 e. The molecule has 0 N–H and O–H groups in total. The first-order valence-electron chi connectivity index (χ1n) is 4.68. The Morgan fingerprint density at radius 2 is 2.29 bits per heavy atom. The van der Waals surface area contributed by atoms with Crippen LogP contribution in [0.1, 0.15) is 13.8 Å². The van der Waals surface area contributed by atoms with E-state index in [0.717, 1.165) is 11.2 Å². The summed E-state index contributed by atoms with van der Waals surface area (Å²) in [5, 5.41) is 0. The molecule has 0 aliphatic rings. The van der Waals surface area contributed by atoms with E-state index in [9.17, 15) is 0 Å². The van der Waals surface area contributed by atoms with Crippen molar-refractivity contribution in [3.8, 4) is 0 Å². The molecule has 0 unspecified atom stereocenters. The quantitative estimate of drug-likeness (QED) is 0.738. The Morgan fingerprint density at radius 3 is 3.07 bits per heavy atom. The predicted molar refractivity (Wildman–Crippen MR) is 53.8 cm³/mol. The second kappa shape index (κ2) is 3.65. The van der Waals surface area contributed by atoms with E-state index in [1.165, 1.54) is 0 Å². The number of aromatic nitrogens is 3. The summed E-state index contributed by atoms with van der Waals surface area (Å²) in [7, 11) is 0. The zero-order chi connectivity index (χ0) is 9.97. The molecule has 2 rings (SSSR count). The fraction of sp³-hybridized carbons (Fsp3) is 0.400. The Bertz CT molecular complexity index is 422. The van der Waals surface area contributed by atoms with Crippen molar-refractivity contribution in [2.75, 3.05) is 6.61 Å². The maximum atomic E-state index is 5.53. The summed E-state index contributed by atoms with van der Waals surface area (Å²) in [5.74, 6) is 0.504. The van der Waals surface area contributed by atoms with Crippen LogP contribution in [0.3, 0.4) is 0 Å². The van der Waals surface area contributed by atoms with Crippen molar-refractivity contribution in [3.63, 3.8) is 0 Å². The summed E-state index contributed by atoms with van der Waals surface area (Å²) >= 11 is 0. The largest absolute Gasteiger partial charge is 0.412 e. The van der Waals surface area contributed by atoms with Crippen LogP contribution in [0.15, 0.2) is 24.7 Å². The standard InChI is InChI=1S/C10H13N3O/c1-8(2)6-14-13-7-12-10-9(13)4-3-5-11-10/h3-5,7-8H,6H2,1-2H3. The van der Waals surface area contributed by atoms with Crippen LogP contribution in [0, 0.1) is 5.92 Å². The van der Waals surface area contributed by atoms with Crippen LogP contribution in [0.2, 0.25) is 0 Å². The minimum absolute atomic E-state index is 0.504. The maximum absolute atomic E-state index is 5.53. The maximum Gasteiger partial charge on any atom is 0.181 e. The Labute approximate surface area is 82.5 Å². The summed E-state index contributed by atoms with van der Waals surface area (Å²) in [6, 6.07) is 3.81. The van der Waals surface area contributed by atoms with E-state index >= 15 is 0 Å². The zero-order valence-electron chi connectivity index (χ0n) is 8.34. The van der Waals surface area contributed by atoms with Gasteiger partial charge in [0, 0.05) is 6.20 Å². The van der Waals surface area contributed by atoms with Crippen LogP contribution in [-0.2, 0) is 0 Å². The third-order valence-corrected chi connectivity index (χ3v) is 1.84. The van der Waals surface area contributed by atoms with E-state index in [4.69, 9.17) is 4.84 Å². The molecular formula is C10H13N3O. The molecule has 0 saturated heterocycles. The fourth-order valence-corrected chi connectivity index (χ4v) is 1.16. The van der Waals surface area contributed by atoms with Crippen molar-refractivity contribution in [2.24, 2.45) is 5.92 Å². The second-order valence-electron chi connectivity index (χ2n) is 3.61. The van der Waals surface area contributed by atoms with Crippen LogP contribution < -0.4 is 4.84 Å². The monoisotopic (exact) mass is 191 g/mol. The fourth-order valence-electron chi connectivity index (χ4n) is 1.16. The summed E-state index contributed by atoms with van der Waals surface area (Å²) in [4.78, 5) is 13.8. The van der Waals surface area contributed by atoms with Gasteiger partial charge in [-0.25, -0.2) is 9.97 Å². The molecule has 0 spiro atoms. The summed E-state index contributed by atoms with van der Waals surface area (Å²) in [6.45, 7) is 4.90. The summed E-state index contributed by atoms with van der Waals surface area (Å²) < 4.78 is 1.67. The van der Waals surface area contributed by atoms with Gasteiger partial charge < -0.3 is 4.84 Å². The van der Waals surface area contributed by atoms with Crippen molar-refractivity contribution in [1.29, 1.82) is 0 Å². The van der Waals surface area contributed by atoms with Crippen molar-refractivity contribution in [1.82, 2.24) is 14.7 Å². The van der Waals surface area contributed by atoms with Gasteiger partial charge in [-0.15, -0.1) is 0 Å². The molecule has 0 bridgehead atoms.